The summed E-state index contributed by atoms with van der Waals surface area (Å²) in [6.45, 7) is 1.87. The van der Waals surface area contributed by atoms with Gasteiger partial charge >= 0.3 is 0 Å². The van der Waals surface area contributed by atoms with Gasteiger partial charge in [-0.1, -0.05) is 0 Å². The molecule has 1 atom stereocenters. The Morgan fingerprint density at radius 3 is 2.60 bits per heavy atom. The number of rotatable bonds is 6. The van der Waals surface area contributed by atoms with Gasteiger partial charge in [-0.15, -0.1) is 0 Å². The number of ether oxygens (including phenoxy) is 1. The van der Waals surface area contributed by atoms with Crippen molar-refractivity contribution in [3.8, 4) is 0 Å². The Morgan fingerprint density at radius 2 is 1.96 bits per heavy atom. The summed E-state index contributed by atoms with van der Waals surface area (Å²) in [5, 5.41) is 5.36. The van der Waals surface area contributed by atoms with Crippen molar-refractivity contribution in [2.75, 3.05) is 31.1 Å². The molecule has 0 saturated carbocycles. The number of carbonyl (C=O) groups excluding carboxylic acids is 3. The van der Waals surface area contributed by atoms with Crippen LogP contribution in [0.5, 0.6) is 0 Å². The molecule has 0 bridgehead atoms. The van der Waals surface area contributed by atoms with E-state index in [4.69, 9.17) is 4.74 Å². The van der Waals surface area contributed by atoms with E-state index in [0.717, 1.165) is 38.1 Å². The quantitative estimate of drug-likeness (QED) is 0.800. The average Bonchev–Trinajstić information content (AvgIpc) is 3.29. The second kappa shape index (κ2) is 8.11. The van der Waals surface area contributed by atoms with Crippen molar-refractivity contribution < 1.29 is 19.1 Å². The Hall–Kier alpha value is -2.41. The highest BCUT2D eigenvalue weighted by Gasteiger charge is 2.21. The molecule has 3 amide bonds. The van der Waals surface area contributed by atoms with Crippen molar-refractivity contribution in [3.05, 3.63) is 29.8 Å². The van der Waals surface area contributed by atoms with Crippen LogP contribution in [0.4, 0.5) is 5.69 Å². The van der Waals surface area contributed by atoms with Crippen LogP contribution in [0.15, 0.2) is 24.3 Å². The molecule has 0 radical (unpaired) electrons. The average molecular weight is 345 g/mol. The fraction of sp³-hybridized carbons (Fsp3) is 0.500. The lowest BCUT2D eigenvalue weighted by molar-refractivity contribution is -0.120. The molecule has 2 N–H and O–H groups in total. The van der Waals surface area contributed by atoms with Gasteiger partial charge in [0.2, 0.25) is 11.8 Å². The van der Waals surface area contributed by atoms with Crippen LogP contribution in [-0.4, -0.2) is 50.1 Å². The third-order valence-electron chi connectivity index (χ3n) is 4.47. The molecule has 25 heavy (non-hydrogen) atoms. The monoisotopic (exact) mass is 345 g/mol. The maximum absolute atomic E-state index is 12.1. The van der Waals surface area contributed by atoms with Gasteiger partial charge in [-0.05, 0) is 43.5 Å². The fourth-order valence-corrected chi connectivity index (χ4v) is 3.07. The smallest absolute Gasteiger partial charge is 0.251 e. The maximum atomic E-state index is 12.1. The lowest BCUT2D eigenvalue weighted by Crippen LogP contribution is -2.39. The summed E-state index contributed by atoms with van der Waals surface area (Å²) >= 11 is 0. The third-order valence-corrected chi connectivity index (χ3v) is 4.47. The minimum absolute atomic E-state index is 0.0715. The van der Waals surface area contributed by atoms with Gasteiger partial charge in [0.25, 0.3) is 5.91 Å². The van der Waals surface area contributed by atoms with Gasteiger partial charge < -0.3 is 20.3 Å². The molecule has 2 fully saturated rings. The van der Waals surface area contributed by atoms with E-state index in [0.29, 0.717) is 18.5 Å². The Kier molecular flexibility index (Phi) is 5.65. The van der Waals surface area contributed by atoms with E-state index >= 15 is 0 Å². The highest BCUT2D eigenvalue weighted by Crippen LogP contribution is 2.21. The molecule has 0 aromatic heterocycles. The second-order valence-electron chi connectivity index (χ2n) is 6.32. The summed E-state index contributed by atoms with van der Waals surface area (Å²) in [4.78, 5) is 37.3. The lowest BCUT2D eigenvalue weighted by Gasteiger charge is -2.16. The molecule has 7 nitrogen and oxygen atoms in total. The van der Waals surface area contributed by atoms with Gasteiger partial charge in [-0.3, -0.25) is 14.4 Å². The first-order valence-corrected chi connectivity index (χ1v) is 8.70. The lowest BCUT2D eigenvalue weighted by atomic mass is 10.2. The predicted molar refractivity (Wildman–Crippen MR) is 92.3 cm³/mol. The number of benzene rings is 1. The van der Waals surface area contributed by atoms with Gasteiger partial charge in [0, 0.05) is 37.4 Å². The summed E-state index contributed by atoms with van der Waals surface area (Å²) < 4.78 is 5.43. The van der Waals surface area contributed by atoms with Gasteiger partial charge in [0.1, 0.15) is 0 Å². The van der Waals surface area contributed by atoms with Crippen molar-refractivity contribution in [1.82, 2.24) is 10.6 Å². The van der Waals surface area contributed by atoms with Crippen LogP contribution in [0.3, 0.4) is 0 Å². The predicted octanol–water partition coefficient (Wildman–Crippen LogP) is 0.838. The Balaban J connectivity index is 1.44. The standard InChI is InChI=1S/C18H23N3O4/c22-16(19-11-15-3-2-10-25-15)12-20-18(24)13-5-7-14(8-6-13)21-9-1-4-17(21)23/h5-8,15H,1-4,9-12H2,(H,19,22)(H,20,24)/t15-/m1/s1. The number of amides is 3. The third kappa shape index (κ3) is 4.57. The Bertz CT molecular complexity index is 638. The molecule has 3 rings (SSSR count). The van der Waals surface area contributed by atoms with E-state index in [1.165, 1.54) is 0 Å². The molecule has 0 spiro atoms. The molecule has 2 heterocycles. The highest BCUT2D eigenvalue weighted by molar-refractivity contribution is 5.98. The van der Waals surface area contributed by atoms with Crippen molar-refractivity contribution in [2.45, 2.75) is 31.8 Å². The normalized spacial score (nSPS) is 19.9. The van der Waals surface area contributed by atoms with Crippen LogP contribution in [0.1, 0.15) is 36.0 Å². The molecular weight excluding hydrogens is 322 g/mol. The van der Waals surface area contributed by atoms with Gasteiger partial charge in [0.05, 0.1) is 12.6 Å². The zero-order valence-electron chi connectivity index (χ0n) is 14.1. The molecule has 0 unspecified atom stereocenters. The molecule has 2 aliphatic heterocycles. The van der Waals surface area contributed by atoms with Crippen molar-refractivity contribution >= 4 is 23.4 Å². The fourth-order valence-electron chi connectivity index (χ4n) is 3.07. The van der Waals surface area contributed by atoms with Crippen LogP contribution in [0, 0.1) is 0 Å². The van der Waals surface area contributed by atoms with Crippen molar-refractivity contribution in [3.63, 3.8) is 0 Å². The minimum atomic E-state index is -0.313. The van der Waals surface area contributed by atoms with Crippen LogP contribution in [0.25, 0.3) is 0 Å². The van der Waals surface area contributed by atoms with E-state index in [1.54, 1.807) is 29.2 Å². The van der Waals surface area contributed by atoms with E-state index in [2.05, 4.69) is 10.6 Å². The second-order valence-corrected chi connectivity index (χ2v) is 6.32. The molecule has 134 valence electrons. The van der Waals surface area contributed by atoms with Crippen LogP contribution in [0.2, 0.25) is 0 Å². The minimum Gasteiger partial charge on any atom is -0.376 e. The molecule has 0 aliphatic carbocycles. The summed E-state index contributed by atoms with van der Waals surface area (Å²) in [6, 6.07) is 6.85. The number of carbonyl (C=O) groups is 3. The Labute approximate surface area is 146 Å². The number of hydrogen-bond acceptors (Lipinski definition) is 4. The molecule has 2 saturated heterocycles. The van der Waals surface area contributed by atoms with Gasteiger partial charge in [-0.2, -0.15) is 0 Å². The van der Waals surface area contributed by atoms with Crippen LogP contribution >= 0.6 is 0 Å². The number of anilines is 1. The van der Waals surface area contributed by atoms with Crippen molar-refractivity contribution in [1.29, 1.82) is 0 Å². The van der Waals surface area contributed by atoms with E-state index in [-0.39, 0.29) is 30.4 Å². The first-order valence-electron chi connectivity index (χ1n) is 8.70. The highest BCUT2D eigenvalue weighted by atomic mass is 16.5. The molecule has 2 aliphatic rings. The van der Waals surface area contributed by atoms with E-state index < -0.39 is 0 Å². The largest absolute Gasteiger partial charge is 0.376 e. The first kappa shape index (κ1) is 17.4. The van der Waals surface area contributed by atoms with Crippen molar-refractivity contribution in [2.24, 2.45) is 0 Å². The van der Waals surface area contributed by atoms with E-state index in [9.17, 15) is 14.4 Å². The number of hydrogen-bond donors (Lipinski definition) is 2. The summed E-state index contributed by atoms with van der Waals surface area (Å²) in [7, 11) is 0. The Morgan fingerprint density at radius 1 is 1.16 bits per heavy atom. The number of nitrogens with one attached hydrogen (secondary N) is 2. The molecule has 1 aromatic rings. The van der Waals surface area contributed by atoms with Crippen LogP contribution in [-0.2, 0) is 14.3 Å². The maximum Gasteiger partial charge on any atom is 0.251 e. The SMILES string of the molecule is O=C(CNC(=O)c1ccc(N2CCCC2=O)cc1)NC[C@H]1CCCO1. The molecule has 7 heteroatoms. The zero-order chi connectivity index (χ0) is 17.6. The topological polar surface area (TPSA) is 87.7 Å². The first-order chi connectivity index (χ1) is 12.1. The molecular formula is C18H23N3O4. The summed E-state index contributed by atoms with van der Waals surface area (Å²) in [6.07, 6.45) is 3.50. The van der Waals surface area contributed by atoms with Gasteiger partial charge in [-0.25, -0.2) is 0 Å². The summed E-state index contributed by atoms with van der Waals surface area (Å²) in [5.41, 5.74) is 1.26. The van der Waals surface area contributed by atoms with E-state index in [1.807, 2.05) is 0 Å². The molecule has 1 aromatic carbocycles. The number of nitrogens with zero attached hydrogens (tertiary/aromatic N) is 1. The van der Waals surface area contributed by atoms with Gasteiger partial charge in [0.15, 0.2) is 0 Å². The van der Waals surface area contributed by atoms with Crippen LogP contribution < -0.4 is 15.5 Å². The summed E-state index contributed by atoms with van der Waals surface area (Å²) in [5.74, 6) is -0.435. The zero-order valence-corrected chi connectivity index (χ0v) is 14.1.